The number of nitrogens with zero attached hydrogens (tertiary/aromatic N) is 2. The van der Waals surface area contributed by atoms with E-state index in [4.69, 9.17) is 17.3 Å². The van der Waals surface area contributed by atoms with Gasteiger partial charge in [-0.1, -0.05) is 23.7 Å². The highest BCUT2D eigenvalue weighted by Crippen LogP contribution is 2.16. The number of amides is 1. The van der Waals surface area contributed by atoms with Crippen molar-refractivity contribution >= 4 is 29.0 Å². The highest BCUT2D eigenvalue weighted by Gasteiger charge is 2.10. The molecule has 0 radical (unpaired) electrons. The maximum absolute atomic E-state index is 11.8. The summed E-state index contributed by atoms with van der Waals surface area (Å²) < 4.78 is 1.52. The van der Waals surface area contributed by atoms with Crippen molar-refractivity contribution in [3.63, 3.8) is 0 Å². The normalized spacial score (nSPS) is 10.3. The predicted octanol–water partition coefficient (Wildman–Crippen LogP) is 1.84. The fraction of sp³-hybridized carbons (Fsp3) is 0.167. The van der Waals surface area contributed by atoms with E-state index >= 15 is 0 Å². The lowest BCUT2D eigenvalue weighted by atomic mass is 10.1. The van der Waals surface area contributed by atoms with Gasteiger partial charge in [-0.2, -0.15) is 5.10 Å². The Balaban J connectivity index is 2.06. The van der Waals surface area contributed by atoms with Crippen LogP contribution in [0.25, 0.3) is 0 Å². The Kier molecular flexibility index (Phi) is 3.53. The average molecular weight is 265 g/mol. The van der Waals surface area contributed by atoms with Crippen LogP contribution in [0.3, 0.4) is 0 Å². The molecule has 94 valence electrons. The first-order chi connectivity index (χ1) is 8.56. The Morgan fingerprint density at radius 1 is 1.56 bits per heavy atom. The molecule has 0 atom stereocenters. The summed E-state index contributed by atoms with van der Waals surface area (Å²) in [4.78, 5) is 11.8. The summed E-state index contributed by atoms with van der Waals surface area (Å²) in [5.74, 6) is 0.342. The SMILES string of the molecule is Cn1ncc(N)c1NC(=O)Cc1cccc(Cl)c1. The minimum absolute atomic E-state index is 0.160. The van der Waals surface area contributed by atoms with Gasteiger partial charge in [-0.15, -0.1) is 0 Å². The highest BCUT2D eigenvalue weighted by atomic mass is 35.5. The number of carbonyl (C=O) groups excluding carboxylic acids is 1. The zero-order chi connectivity index (χ0) is 13.1. The summed E-state index contributed by atoms with van der Waals surface area (Å²) in [6.07, 6.45) is 1.74. The van der Waals surface area contributed by atoms with E-state index in [9.17, 15) is 4.79 Å². The molecule has 6 heteroatoms. The maximum Gasteiger partial charge on any atom is 0.229 e. The molecule has 0 saturated heterocycles. The van der Waals surface area contributed by atoms with Crippen LogP contribution in [0, 0.1) is 0 Å². The van der Waals surface area contributed by atoms with Gasteiger partial charge in [-0.05, 0) is 17.7 Å². The Morgan fingerprint density at radius 2 is 2.33 bits per heavy atom. The molecule has 1 amide bonds. The van der Waals surface area contributed by atoms with Crippen molar-refractivity contribution in [3.05, 3.63) is 41.0 Å². The molecule has 0 fully saturated rings. The zero-order valence-electron chi connectivity index (χ0n) is 9.85. The number of nitrogen functional groups attached to an aromatic ring is 1. The Bertz CT molecular complexity index is 560. The second-order valence-electron chi connectivity index (χ2n) is 3.93. The Hall–Kier alpha value is -2.01. The van der Waals surface area contributed by atoms with E-state index in [0.717, 1.165) is 5.56 Å². The molecule has 0 aliphatic carbocycles. The van der Waals surface area contributed by atoms with Gasteiger partial charge in [0.1, 0.15) is 0 Å². The summed E-state index contributed by atoms with van der Waals surface area (Å²) in [5.41, 5.74) is 6.98. The van der Waals surface area contributed by atoms with E-state index < -0.39 is 0 Å². The molecule has 18 heavy (non-hydrogen) atoms. The molecular formula is C12H13ClN4O. The first-order valence-corrected chi connectivity index (χ1v) is 5.76. The lowest BCUT2D eigenvalue weighted by molar-refractivity contribution is -0.115. The van der Waals surface area contributed by atoms with Crippen LogP contribution in [0.4, 0.5) is 11.5 Å². The van der Waals surface area contributed by atoms with Crippen LogP contribution in [0.2, 0.25) is 5.02 Å². The summed E-state index contributed by atoms with van der Waals surface area (Å²) in [5, 5.41) is 7.28. The highest BCUT2D eigenvalue weighted by molar-refractivity contribution is 6.30. The molecule has 1 aromatic carbocycles. The molecule has 3 N–H and O–H groups in total. The fourth-order valence-electron chi connectivity index (χ4n) is 1.62. The fourth-order valence-corrected chi connectivity index (χ4v) is 1.83. The second kappa shape index (κ2) is 5.10. The minimum Gasteiger partial charge on any atom is -0.394 e. The number of hydrogen-bond acceptors (Lipinski definition) is 3. The number of aryl methyl sites for hydroxylation is 1. The van der Waals surface area contributed by atoms with Gasteiger partial charge < -0.3 is 11.1 Å². The predicted molar refractivity (Wildman–Crippen MR) is 71.4 cm³/mol. The molecule has 0 spiro atoms. The van der Waals surface area contributed by atoms with E-state index in [1.165, 1.54) is 10.9 Å². The molecule has 0 aliphatic rings. The van der Waals surface area contributed by atoms with Crippen molar-refractivity contribution in [2.24, 2.45) is 7.05 Å². The minimum atomic E-state index is -0.160. The van der Waals surface area contributed by atoms with Crippen LogP contribution in [-0.4, -0.2) is 15.7 Å². The van der Waals surface area contributed by atoms with Crippen molar-refractivity contribution < 1.29 is 4.79 Å². The first kappa shape index (κ1) is 12.4. The molecule has 1 heterocycles. The summed E-state index contributed by atoms with van der Waals surface area (Å²) in [6, 6.07) is 7.18. The van der Waals surface area contributed by atoms with E-state index in [0.29, 0.717) is 16.5 Å². The number of aromatic nitrogens is 2. The Labute approximate surface area is 110 Å². The van der Waals surface area contributed by atoms with Crippen LogP contribution in [0.15, 0.2) is 30.5 Å². The van der Waals surface area contributed by atoms with Crippen LogP contribution >= 0.6 is 11.6 Å². The van der Waals surface area contributed by atoms with E-state index in [-0.39, 0.29) is 12.3 Å². The van der Waals surface area contributed by atoms with Gasteiger partial charge in [0.25, 0.3) is 0 Å². The van der Waals surface area contributed by atoms with E-state index in [1.54, 1.807) is 19.2 Å². The maximum atomic E-state index is 11.8. The van der Waals surface area contributed by atoms with Gasteiger partial charge in [-0.3, -0.25) is 9.48 Å². The largest absolute Gasteiger partial charge is 0.394 e. The molecular weight excluding hydrogens is 252 g/mol. The number of nitrogens with two attached hydrogens (primary N) is 1. The summed E-state index contributed by atoms with van der Waals surface area (Å²) >= 11 is 5.86. The van der Waals surface area contributed by atoms with Gasteiger partial charge in [0.2, 0.25) is 5.91 Å². The van der Waals surface area contributed by atoms with Gasteiger partial charge in [0.15, 0.2) is 5.82 Å². The third-order valence-corrected chi connectivity index (χ3v) is 2.71. The number of benzene rings is 1. The van der Waals surface area contributed by atoms with Gasteiger partial charge >= 0.3 is 0 Å². The number of hydrogen-bond donors (Lipinski definition) is 2. The molecule has 0 aliphatic heterocycles. The van der Waals surface area contributed by atoms with Crippen LogP contribution in [0.1, 0.15) is 5.56 Å². The van der Waals surface area contributed by atoms with E-state index in [1.807, 2.05) is 12.1 Å². The number of rotatable bonds is 3. The average Bonchev–Trinajstić information content (AvgIpc) is 2.61. The van der Waals surface area contributed by atoms with Crippen molar-refractivity contribution in [1.82, 2.24) is 9.78 Å². The molecule has 0 unspecified atom stereocenters. The second-order valence-corrected chi connectivity index (χ2v) is 4.36. The molecule has 2 rings (SSSR count). The van der Waals surface area contributed by atoms with Gasteiger partial charge in [0.05, 0.1) is 18.3 Å². The van der Waals surface area contributed by atoms with Crippen molar-refractivity contribution in [2.45, 2.75) is 6.42 Å². The Morgan fingerprint density at radius 3 is 2.94 bits per heavy atom. The lowest BCUT2D eigenvalue weighted by Crippen LogP contribution is -2.17. The summed E-state index contributed by atoms with van der Waals surface area (Å²) in [7, 11) is 1.71. The number of halogens is 1. The van der Waals surface area contributed by atoms with Gasteiger partial charge in [0, 0.05) is 12.1 Å². The first-order valence-electron chi connectivity index (χ1n) is 5.38. The molecule has 1 aromatic heterocycles. The number of anilines is 2. The van der Waals surface area contributed by atoms with Crippen LogP contribution in [-0.2, 0) is 18.3 Å². The van der Waals surface area contributed by atoms with Crippen LogP contribution in [0.5, 0.6) is 0 Å². The van der Waals surface area contributed by atoms with E-state index in [2.05, 4.69) is 10.4 Å². The van der Waals surface area contributed by atoms with Crippen molar-refractivity contribution in [3.8, 4) is 0 Å². The molecule has 0 bridgehead atoms. The van der Waals surface area contributed by atoms with Gasteiger partial charge in [-0.25, -0.2) is 0 Å². The van der Waals surface area contributed by atoms with Crippen molar-refractivity contribution in [1.29, 1.82) is 0 Å². The van der Waals surface area contributed by atoms with Crippen molar-refractivity contribution in [2.75, 3.05) is 11.1 Å². The molecule has 5 nitrogen and oxygen atoms in total. The number of nitrogens with one attached hydrogen (secondary N) is 1. The smallest absolute Gasteiger partial charge is 0.229 e. The summed E-state index contributed by atoms with van der Waals surface area (Å²) in [6.45, 7) is 0. The topological polar surface area (TPSA) is 72.9 Å². The lowest BCUT2D eigenvalue weighted by Gasteiger charge is -2.06. The third kappa shape index (κ3) is 2.81. The monoisotopic (exact) mass is 264 g/mol. The molecule has 2 aromatic rings. The van der Waals surface area contributed by atoms with Crippen LogP contribution < -0.4 is 11.1 Å². The standard InChI is InChI=1S/C12H13ClN4O/c1-17-12(10(14)7-15-17)16-11(18)6-8-3-2-4-9(13)5-8/h2-5,7H,6,14H2,1H3,(H,16,18). The number of carbonyl (C=O) groups is 1. The zero-order valence-corrected chi connectivity index (χ0v) is 10.6. The third-order valence-electron chi connectivity index (χ3n) is 2.48. The quantitative estimate of drug-likeness (QED) is 0.888. The molecule has 0 saturated carbocycles.